The van der Waals surface area contributed by atoms with Crippen LogP contribution in [0.5, 0.6) is 5.75 Å². The van der Waals surface area contributed by atoms with Crippen molar-refractivity contribution in [3.8, 4) is 5.75 Å². The van der Waals surface area contributed by atoms with E-state index >= 15 is 0 Å². The Balaban J connectivity index is 2.62. The maximum atomic E-state index is 9.90. The molecule has 1 aromatic rings. The van der Waals surface area contributed by atoms with E-state index in [4.69, 9.17) is 10.5 Å². The van der Waals surface area contributed by atoms with E-state index in [2.05, 4.69) is 5.32 Å². The summed E-state index contributed by atoms with van der Waals surface area (Å²) in [6.07, 6.45) is 0.201. The molecule has 0 radical (unpaired) electrons. The predicted octanol–water partition coefficient (Wildman–Crippen LogP) is 1.31. The van der Waals surface area contributed by atoms with Gasteiger partial charge in [-0.3, -0.25) is 0 Å². The van der Waals surface area contributed by atoms with Crippen LogP contribution >= 0.6 is 0 Å². The van der Waals surface area contributed by atoms with E-state index in [1.165, 1.54) is 0 Å². The minimum atomic E-state index is -0.479. The van der Waals surface area contributed by atoms with Crippen molar-refractivity contribution < 1.29 is 9.84 Å². The molecule has 1 atom stereocenters. The van der Waals surface area contributed by atoms with Crippen molar-refractivity contribution >= 4 is 5.69 Å². The Hall–Kier alpha value is -1.26. The number of methoxy groups -OCH3 is 1. The van der Waals surface area contributed by atoms with Crippen molar-refractivity contribution in [1.29, 1.82) is 0 Å². The van der Waals surface area contributed by atoms with Crippen LogP contribution in [0.3, 0.4) is 0 Å². The SMILES string of the molecule is CCNCCC(O)c1ccc(OC)c(N)c1. The molecule has 0 aliphatic rings. The van der Waals surface area contributed by atoms with Crippen LogP contribution in [0.4, 0.5) is 5.69 Å². The van der Waals surface area contributed by atoms with Crippen molar-refractivity contribution in [3.05, 3.63) is 23.8 Å². The summed E-state index contributed by atoms with van der Waals surface area (Å²) in [6.45, 7) is 3.75. The van der Waals surface area contributed by atoms with Gasteiger partial charge in [-0.2, -0.15) is 0 Å². The number of aliphatic hydroxyl groups excluding tert-OH is 1. The molecular formula is C12H20N2O2. The van der Waals surface area contributed by atoms with E-state index in [-0.39, 0.29) is 0 Å². The van der Waals surface area contributed by atoms with Crippen molar-refractivity contribution in [3.63, 3.8) is 0 Å². The highest BCUT2D eigenvalue weighted by Crippen LogP contribution is 2.26. The third-order valence-corrected chi connectivity index (χ3v) is 2.48. The second-order valence-electron chi connectivity index (χ2n) is 3.66. The fourth-order valence-corrected chi connectivity index (χ4v) is 1.54. The van der Waals surface area contributed by atoms with Crippen LogP contribution in [-0.4, -0.2) is 25.3 Å². The van der Waals surface area contributed by atoms with E-state index in [1.807, 2.05) is 13.0 Å². The van der Waals surface area contributed by atoms with Crippen LogP contribution in [0.1, 0.15) is 25.0 Å². The Labute approximate surface area is 96.4 Å². The van der Waals surface area contributed by atoms with Gasteiger partial charge in [0.25, 0.3) is 0 Å². The van der Waals surface area contributed by atoms with Gasteiger partial charge in [-0.05, 0) is 37.2 Å². The zero-order valence-electron chi connectivity index (χ0n) is 9.86. The van der Waals surface area contributed by atoms with Gasteiger partial charge in [-0.1, -0.05) is 13.0 Å². The zero-order valence-corrected chi connectivity index (χ0v) is 9.86. The second kappa shape index (κ2) is 6.35. The van der Waals surface area contributed by atoms with Crippen molar-refractivity contribution in [1.82, 2.24) is 5.32 Å². The number of benzene rings is 1. The van der Waals surface area contributed by atoms with Gasteiger partial charge in [0.15, 0.2) is 0 Å². The summed E-state index contributed by atoms with van der Waals surface area (Å²) in [5, 5.41) is 13.1. The predicted molar refractivity (Wildman–Crippen MR) is 65.5 cm³/mol. The third-order valence-electron chi connectivity index (χ3n) is 2.48. The largest absolute Gasteiger partial charge is 0.495 e. The lowest BCUT2D eigenvalue weighted by Gasteiger charge is -2.13. The van der Waals surface area contributed by atoms with Gasteiger partial charge in [0, 0.05) is 0 Å². The average Bonchev–Trinajstić information content (AvgIpc) is 2.29. The van der Waals surface area contributed by atoms with E-state index in [0.29, 0.717) is 17.9 Å². The van der Waals surface area contributed by atoms with E-state index in [1.54, 1.807) is 19.2 Å². The molecule has 4 N–H and O–H groups in total. The third kappa shape index (κ3) is 3.40. The summed E-state index contributed by atoms with van der Waals surface area (Å²) < 4.78 is 5.06. The fraction of sp³-hybridized carbons (Fsp3) is 0.500. The number of anilines is 1. The highest BCUT2D eigenvalue weighted by molar-refractivity contribution is 5.54. The van der Waals surface area contributed by atoms with Gasteiger partial charge < -0.3 is 20.9 Å². The molecule has 0 spiro atoms. The topological polar surface area (TPSA) is 67.5 Å². The van der Waals surface area contributed by atoms with Gasteiger partial charge in [-0.25, -0.2) is 0 Å². The normalized spacial score (nSPS) is 12.4. The smallest absolute Gasteiger partial charge is 0.141 e. The lowest BCUT2D eigenvalue weighted by molar-refractivity contribution is 0.167. The molecule has 0 heterocycles. The number of nitrogens with one attached hydrogen (secondary N) is 1. The van der Waals surface area contributed by atoms with Crippen molar-refractivity contribution in [2.24, 2.45) is 0 Å². The minimum absolute atomic E-state index is 0.479. The molecule has 0 bridgehead atoms. The summed E-state index contributed by atoms with van der Waals surface area (Å²) >= 11 is 0. The maximum absolute atomic E-state index is 9.90. The molecule has 0 aliphatic carbocycles. The van der Waals surface area contributed by atoms with Crippen LogP contribution in [0, 0.1) is 0 Å². The maximum Gasteiger partial charge on any atom is 0.141 e. The molecule has 90 valence electrons. The first-order valence-electron chi connectivity index (χ1n) is 5.51. The highest BCUT2D eigenvalue weighted by atomic mass is 16.5. The van der Waals surface area contributed by atoms with Crippen LogP contribution in [-0.2, 0) is 0 Å². The molecule has 0 amide bonds. The number of hydrogen-bond acceptors (Lipinski definition) is 4. The second-order valence-corrected chi connectivity index (χ2v) is 3.66. The van der Waals surface area contributed by atoms with Crippen LogP contribution < -0.4 is 15.8 Å². The minimum Gasteiger partial charge on any atom is -0.495 e. The Morgan fingerprint density at radius 1 is 1.50 bits per heavy atom. The van der Waals surface area contributed by atoms with Crippen LogP contribution in [0.25, 0.3) is 0 Å². The molecule has 1 rings (SSSR count). The number of hydrogen-bond donors (Lipinski definition) is 3. The van der Waals surface area contributed by atoms with Crippen molar-refractivity contribution in [2.75, 3.05) is 25.9 Å². The van der Waals surface area contributed by atoms with E-state index in [9.17, 15) is 5.11 Å². The lowest BCUT2D eigenvalue weighted by atomic mass is 10.1. The number of aliphatic hydroxyl groups is 1. The number of ether oxygens (including phenoxy) is 1. The molecule has 4 heteroatoms. The molecule has 1 unspecified atom stereocenters. The fourth-order valence-electron chi connectivity index (χ4n) is 1.54. The average molecular weight is 224 g/mol. The number of nitrogen functional groups attached to an aromatic ring is 1. The molecule has 0 fully saturated rings. The standard InChI is InChI=1S/C12H20N2O2/c1-3-14-7-6-11(15)9-4-5-12(16-2)10(13)8-9/h4-5,8,11,14-15H,3,6-7,13H2,1-2H3. The summed E-state index contributed by atoms with van der Waals surface area (Å²) in [5.74, 6) is 0.641. The molecule has 0 aromatic heterocycles. The van der Waals surface area contributed by atoms with Gasteiger partial charge in [0.2, 0.25) is 0 Å². The quantitative estimate of drug-likeness (QED) is 0.503. The van der Waals surface area contributed by atoms with Crippen LogP contribution in [0.15, 0.2) is 18.2 Å². The summed E-state index contributed by atoms with van der Waals surface area (Å²) in [7, 11) is 1.58. The molecule has 1 aromatic carbocycles. The van der Waals surface area contributed by atoms with Gasteiger partial charge in [0.05, 0.1) is 18.9 Å². The van der Waals surface area contributed by atoms with Crippen molar-refractivity contribution in [2.45, 2.75) is 19.4 Å². The molecule has 0 aliphatic heterocycles. The summed E-state index contributed by atoms with van der Waals surface area (Å²) in [4.78, 5) is 0. The molecule has 0 saturated heterocycles. The number of rotatable bonds is 6. The number of nitrogens with two attached hydrogens (primary N) is 1. The monoisotopic (exact) mass is 224 g/mol. The Morgan fingerprint density at radius 3 is 2.81 bits per heavy atom. The van der Waals surface area contributed by atoms with Crippen LogP contribution in [0.2, 0.25) is 0 Å². The molecule has 4 nitrogen and oxygen atoms in total. The molecule has 0 saturated carbocycles. The molecular weight excluding hydrogens is 204 g/mol. The summed E-state index contributed by atoms with van der Waals surface area (Å²) in [6, 6.07) is 5.38. The summed E-state index contributed by atoms with van der Waals surface area (Å²) in [5.41, 5.74) is 7.16. The lowest BCUT2D eigenvalue weighted by Crippen LogP contribution is -2.16. The highest BCUT2D eigenvalue weighted by Gasteiger charge is 2.09. The Bertz CT molecular complexity index is 329. The molecule has 16 heavy (non-hydrogen) atoms. The Morgan fingerprint density at radius 2 is 2.25 bits per heavy atom. The van der Waals surface area contributed by atoms with Gasteiger partial charge in [-0.15, -0.1) is 0 Å². The first-order valence-corrected chi connectivity index (χ1v) is 5.51. The van der Waals surface area contributed by atoms with E-state index < -0.39 is 6.10 Å². The van der Waals surface area contributed by atoms with Gasteiger partial charge >= 0.3 is 0 Å². The first kappa shape index (κ1) is 12.8. The first-order chi connectivity index (χ1) is 7.69. The van der Waals surface area contributed by atoms with Gasteiger partial charge in [0.1, 0.15) is 5.75 Å². The Kier molecular flexibility index (Phi) is 5.08. The van der Waals surface area contributed by atoms with E-state index in [0.717, 1.165) is 18.7 Å². The zero-order chi connectivity index (χ0) is 12.0.